The maximum atomic E-state index is 11.9. The quantitative estimate of drug-likeness (QED) is 0.374. The number of benzene rings is 1. The first-order chi connectivity index (χ1) is 10.4. The van der Waals surface area contributed by atoms with Gasteiger partial charge in [-0.3, -0.25) is 4.79 Å². The number of ether oxygens (including phenoxy) is 1. The van der Waals surface area contributed by atoms with Crippen LogP contribution in [0.25, 0.3) is 0 Å². The molecule has 0 spiro atoms. The Hall–Kier alpha value is -1.71. The molecule has 1 heterocycles. The second kappa shape index (κ2) is 7.03. The number of phenols is 1. The van der Waals surface area contributed by atoms with Gasteiger partial charge in [0.1, 0.15) is 30.2 Å². The molecule has 1 aliphatic rings. The molecule has 5 atom stereocenters. The largest absolute Gasteiger partial charge is 0.508 e. The lowest BCUT2D eigenvalue weighted by atomic mass is 9.93. The molecule has 1 aliphatic heterocycles. The average molecular weight is 313 g/mol. The normalized spacial score (nSPS) is 31.7. The molecule has 22 heavy (non-hydrogen) atoms. The topological polar surface area (TPSA) is 139 Å². The van der Waals surface area contributed by atoms with Crippen molar-refractivity contribution in [3.63, 3.8) is 0 Å². The van der Waals surface area contributed by atoms with E-state index in [1.54, 1.807) is 0 Å². The van der Waals surface area contributed by atoms with Gasteiger partial charge in [-0.25, -0.2) is 0 Å². The molecule has 0 aromatic heterocycles. The number of aliphatic hydroxyl groups excluding tert-OH is 4. The minimum Gasteiger partial charge on any atom is -0.508 e. The van der Waals surface area contributed by atoms with E-state index in [1.807, 2.05) is 0 Å². The molecular weight excluding hydrogens is 294 g/mol. The van der Waals surface area contributed by atoms with E-state index < -0.39 is 43.0 Å². The van der Waals surface area contributed by atoms with Gasteiger partial charge in [-0.05, 0) is 24.3 Å². The molecule has 1 saturated heterocycles. The predicted octanol–water partition coefficient (Wildman–Crippen LogP) is -1.44. The molecule has 2 rings (SSSR count). The maximum absolute atomic E-state index is 11.9. The van der Waals surface area contributed by atoms with Crippen LogP contribution in [0.1, 0.15) is 6.42 Å². The van der Waals surface area contributed by atoms with Gasteiger partial charge in [-0.1, -0.05) is 0 Å². The second-order valence-corrected chi connectivity index (χ2v) is 5.17. The lowest BCUT2D eigenvalue weighted by molar-refractivity contribution is -0.229. The van der Waals surface area contributed by atoms with Crippen molar-refractivity contribution in [3.8, 4) is 5.75 Å². The summed E-state index contributed by atoms with van der Waals surface area (Å²) in [5, 5.41) is 49.9. The summed E-state index contributed by atoms with van der Waals surface area (Å²) in [4.78, 5) is 11.9. The van der Waals surface area contributed by atoms with Crippen LogP contribution in [-0.2, 0) is 9.53 Å². The maximum Gasteiger partial charge on any atom is 0.227 e. The molecule has 6 N–H and O–H groups in total. The highest BCUT2D eigenvalue weighted by Crippen LogP contribution is 2.23. The van der Waals surface area contributed by atoms with Gasteiger partial charge in [0.25, 0.3) is 0 Å². The number of phenolic OH excluding ortho intramolecular Hbond substituents is 1. The molecule has 0 radical (unpaired) electrons. The van der Waals surface area contributed by atoms with Crippen LogP contribution >= 0.6 is 0 Å². The third-order valence-electron chi connectivity index (χ3n) is 3.53. The number of anilines is 1. The highest BCUT2D eigenvalue weighted by atomic mass is 16.5. The van der Waals surface area contributed by atoms with Crippen LogP contribution in [0, 0.1) is 0 Å². The Morgan fingerprint density at radius 1 is 1.05 bits per heavy atom. The Morgan fingerprint density at radius 2 is 1.64 bits per heavy atom. The number of aromatic hydroxyl groups is 1. The first-order valence-electron chi connectivity index (χ1n) is 6.81. The summed E-state index contributed by atoms with van der Waals surface area (Å²) in [7, 11) is 0. The molecule has 0 bridgehead atoms. The van der Waals surface area contributed by atoms with E-state index in [2.05, 4.69) is 5.32 Å². The number of hydrogen-bond donors (Lipinski definition) is 6. The van der Waals surface area contributed by atoms with E-state index in [0.717, 1.165) is 0 Å². The van der Waals surface area contributed by atoms with Gasteiger partial charge in [-0.15, -0.1) is 0 Å². The van der Waals surface area contributed by atoms with E-state index in [1.165, 1.54) is 24.3 Å². The van der Waals surface area contributed by atoms with E-state index in [9.17, 15) is 20.1 Å². The molecule has 122 valence electrons. The van der Waals surface area contributed by atoms with E-state index in [4.69, 9.17) is 14.9 Å². The van der Waals surface area contributed by atoms with Crippen LogP contribution in [-0.4, -0.2) is 68.6 Å². The summed E-state index contributed by atoms with van der Waals surface area (Å²) >= 11 is 0. The number of nitrogens with one attached hydrogen (secondary N) is 1. The lowest BCUT2D eigenvalue weighted by Gasteiger charge is -2.39. The van der Waals surface area contributed by atoms with Crippen molar-refractivity contribution in [3.05, 3.63) is 24.3 Å². The zero-order valence-corrected chi connectivity index (χ0v) is 11.7. The third-order valence-corrected chi connectivity index (χ3v) is 3.53. The highest BCUT2D eigenvalue weighted by molar-refractivity contribution is 5.91. The monoisotopic (exact) mass is 313 g/mol. The summed E-state index contributed by atoms with van der Waals surface area (Å²) < 4.78 is 5.25. The van der Waals surface area contributed by atoms with Crippen LogP contribution in [0.3, 0.4) is 0 Å². The van der Waals surface area contributed by atoms with Crippen molar-refractivity contribution >= 4 is 11.6 Å². The standard InChI is InChI=1S/C14H19NO7/c16-6-10-13(20)14(21)12(19)9(22-10)5-11(18)15-7-1-3-8(17)4-2-7/h1-4,9-10,12-14,16-17,19-21H,5-6H2,(H,15,18)/t9-,10-,12-,13-,14-/m1/s1. The van der Waals surface area contributed by atoms with Crippen molar-refractivity contribution in [2.45, 2.75) is 36.9 Å². The molecule has 8 heteroatoms. The second-order valence-electron chi connectivity index (χ2n) is 5.17. The van der Waals surface area contributed by atoms with Crippen molar-refractivity contribution in [2.24, 2.45) is 0 Å². The summed E-state index contributed by atoms with van der Waals surface area (Å²) in [6.07, 6.45) is -6.74. The molecule has 0 saturated carbocycles. The third kappa shape index (κ3) is 3.73. The van der Waals surface area contributed by atoms with Crippen molar-refractivity contribution in [1.29, 1.82) is 0 Å². The lowest BCUT2D eigenvalue weighted by Crippen LogP contribution is -2.59. The number of aliphatic hydroxyl groups is 4. The van der Waals surface area contributed by atoms with Crippen LogP contribution in [0.15, 0.2) is 24.3 Å². The fraction of sp³-hybridized carbons (Fsp3) is 0.500. The van der Waals surface area contributed by atoms with Gasteiger partial charge >= 0.3 is 0 Å². The Morgan fingerprint density at radius 3 is 2.23 bits per heavy atom. The van der Waals surface area contributed by atoms with Crippen molar-refractivity contribution < 1.29 is 35.1 Å². The zero-order valence-electron chi connectivity index (χ0n) is 11.7. The summed E-state index contributed by atoms with van der Waals surface area (Å²) in [5.41, 5.74) is 0.451. The first kappa shape index (κ1) is 16.7. The number of carbonyl (C=O) groups is 1. The van der Waals surface area contributed by atoms with Crippen LogP contribution in [0.4, 0.5) is 5.69 Å². The van der Waals surface area contributed by atoms with Gasteiger partial charge in [0.05, 0.1) is 19.1 Å². The van der Waals surface area contributed by atoms with E-state index in [-0.39, 0.29) is 12.2 Å². The SMILES string of the molecule is O=C(C[C@H]1O[C@H](CO)[C@@H](O)[C@H](O)[C@@H]1O)Nc1ccc(O)cc1. The molecule has 1 aromatic rings. The fourth-order valence-corrected chi connectivity index (χ4v) is 2.29. The number of amides is 1. The summed E-state index contributed by atoms with van der Waals surface area (Å²) in [6.45, 7) is -0.541. The average Bonchev–Trinajstić information content (AvgIpc) is 2.50. The number of rotatable bonds is 4. The molecule has 8 nitrogen and oxygen atoms in total. The Bertz CT molecular complexity index is 504. The van der Waals surface area contributed by atoms with Crippen LogP contribution < -0.4 is 5.32 Å². The first-order valence-corrected chi connectivity index (χ1v) is 6.81. The van der Waals surface area contributed by atoms with Gasteiger partial charge in [0.2, 0.25) is 5.91 Å². The van der Waals surface area contributed by atoms with Crippen LogP contribution in [0.2, 0.25) is 0 Å². The van der Waals surface area contributed by atoms with Crippen LogP contribution in [0.5, 0.6) is 5.75 Å². The van der Waals surface area contributed by atoms with Crippen molar-refractivity contribution in [2.75, 3.05) is 11.9 Å². The number of carbonyl (C=O) groups excluding carboxylic acids is 1. The fourth-order valence-electron chi connectivity index (χ4n) is 2.29. The number of hydrogen-bond acceptors (Lipinski definition) is 7. The van der Waals surface area contributed by atoms with Gasteiger partial charge in [-0.2, -0.15) is 0 Å². The molecule has 0 aliphatic carbocycles. The molecule has 0 unspecified atom stereocenters. The van der Waals surface area contributed by atoms with Crippen molar-refractivity contribution in [1.82, 2.24) is 0 Å². The summed E-state index contributed by atoms with van der Waals surface area (Å²) in [5.74, 6) is -0.415. The minimum atomic E-state index is -1.50. The Kier molecular flexibility index (Phi) is 5.33. The highest BCUT2D eigenvalue weighted by Gasteiger charge is 2.43. The molecule has 1 aromatic carbocycles. The summed E-state index contributed by atoms with van der Waals surface area (Å²) in [6, 6.07) is 5.81. The van der Waals surface area contributed by atoms with Gasteiger partial charge in [0, 0.05) is 5.69 Å². The zero-order chi connectivity index (χ0) is 16.3. The molecule has 1 fully saturated rings. The smallest absolute Gasteiger partial charge is 0.227 e. The predicted molar refractivity (Wildman–Crippen MR) is 75.1 cm³/mol. The Labute approximate surface area is 126 Å². The van der Waals surface area contributed by atoms with Gasteiger partial charge < -0.3 is 35.6 Å². The van der Waals surface area contributed by atoms with E-state index in [0.29, 0.717) is 5.69 Å². The van der Waals surface area contributed by atoms with E-state index >= 15 is 0 Å². The Balaban J connectivity index is 1.96. The van der Waals surface area contributed by atoms with Gasteiger partial charge in [0.15, 0.2) is 0 Å². The molecule has 1 amide bonds. The minimum absolute atomic E-state index is 0.0620. The molecular formula is C14H19NO7.